The van der Waals surface area contributed by atoms with Gasteiger partial charge in [0.05, 0.1) is 6.10 Å². The summed E-state index contributed by atoms with van der Waals surface area (Å²) < 4.78 is 5.60. The second-order valence-electron chi connectivity index (χ2n) is 5.01. The fraction of sp³-hybridized carbons (Fsp3) is 0.562. The van der Waals surface area contributed by atoms with Gasteiger partial charge in [-0.2, -0.15) is 0 Å². The Morgan fingerprint density at radius 2 is 2.10 bits per heavy atom. The highest BCUT2D eigenvalue weighted by atomic mass is 16.5. The van der Waals surface area contributed by atoms with Crippen molar-refractivity contribution in [3.8, 4) is 5.75 Å². The predicted octanol–water partition coefficient (Wildman–Crippen LogP) is 2.81. The number of hydrogen-bond acceptors (Lipinski definition) is 3. The summed E-state index contributed by atoms with van der Waals surface area (Å²) in [5, 5.41) is 12.4. The van der Waals surface area contributed by atoms with Crippen molar-refractivity contribution >= 4 is 5.91 Å². The largest absolute Gasteiger partial charge is 0.481 e. The summed E-state index contributed by atoms with van der Waals surface area (Å²) in [4.78, 5) is 11.8. The maximum atomic E-state index is 11.8. The first-order valence-corrected chi connectivity index (χ1v) is 7.27. The first kappa shape index (κ1) is 16.5. The Labute approximate surface area is 121 Å². The molecule has 0 aromatic heterocycles. The lowest BCUT2D eigenvalue weighted by atomic mass is 10.1. The molecule has 0 radical (unpaired) electrons. The van der Waals surface area contributed by atoms with Gasteiger partial charge in [0, 0.05) is 6.54 Å². The molecule has 0 spiro atoms. The van der Waals surface area contributed by atoms with Gasteiger partial charge < -0.3 is 15.2 Å². The van der Waals surface area contributed by atoms with Crippen molar-refractivity contribution in [1.29, 1.82) is 0 Å². The highest BCUT2D eigenvalue weighted by Gasteiger charge is 2.14. The van der Waals surface area contributed by atoms with Crippen LogP contribution in [0.5, 0.6) is 5.75 Å². The number of aliphatic hydroxyl groups is 1. The van der Waals surface area contributed by atoms with Crippen LogP contribution >= 0.6 is 0 Å². The number of benzene rings is 1. The van der Waals surface area contributed by atoms with Gasteiger partial charge in [0.2, 0.25) is 0 Å². The lowest BCUT2D eigenvalue weighted by Crippen LogP contribution is -2.36. The third-order valence-corrected chi connectivity index (χ3v) is 3.10. The minimum Gasteiger partial charge on any atom is -0.481 e. The third-order valence-electron chi connectivity index (χ3n) is 3.10. The van der Waals surface area contributed by atoms with Gasteiger partial charge in [0.15, 0.2) is 6.10 Å². The Kier molecular flexibility index (Phi) is 7.09. The van der Waals surface area contributed by atoms with Crippen LogP contribution in [-0.2, 0) is 4.79 Å². The molecule has 4 nitrogen and oxygen atoms in total. The molecule has 0 bridgehead atoms. The van der Waals surface area contributed by atoms with Crippen LogP contribution in [0.4, 0.5) is 0 Å². The van der Waals surface area contributed by atoms with E-state index in [4.69, 9.17) is 4.74 Å². The van der Waals surface area contributed by atoms with Gasteiger partial charge in [-0.05, 0) is 38.0 Å². The molecular weight excluding hydrogens is 254 g/mol. The summed E-state index contributed by atoms with van der Waals surface area (Å²) in [6.45, 7) is 6.24. The molecule has 0 heterocycles. The monoisotopic (exact) mass is 279 g/mol. The highest BCUT2D eigenvalue weighted by Crippen LogP contribution is 2.19. The summed E-state index contributed by atoms with van der Waals surface area (Å²) in [5.74, 6) is 0.489. The third kappa shape index (κ3) is 5.61. The van der Waals surface area contributed by atoms with Crippen LogP contribution in [0.2, 0.25) is 0 Å². The van der Waals surface area contributed by atoms with Crippen LogP contribution in [0.25, 0.3) is 0 Å². The first-order valence-electron chi connectivity index (χ1n) is 7.27. The predicted molar refractivity (Wildman–Crippen MR) is 79.7 cm³/mol. The van der Waals surface area contributed by atoms with E-state index in [2.05, 4.69) is 12.2 Å². The topological polar surface area (TPSA) is 58.6 Å². The second-order valence-corrected chi connectivity index (χ2v) is 5.01. The minimum atomic E-state index is -0.545. The summed E-state index contributed by atoms with van der Waals surface area (Å²) in [5.41, 5.74) is 0.776. The van der Waals surface area contributed by atoms with Gasteiger partial charge in [-0.1, -0.05) is 31.9 Å². The van der Waals surface area contributed by atoms with Crippen molar-refractivity contribution in [1.82, 2.24) is 5.32 Å². The number of nitrogens with one attached hydrogen (secondary N) is 1. The Balaban J connectivity index is 2.46. The highest BCUT2D eigenvalue weighted by molar-refractivity contribution is 5.80. The molecule has 2 N–H and O–H groups in total. The van der Waals surface area contributed by atoms with E-state index in [0.717, 1.165) is 24.8 Å². The van der Waals surface area contributed by atoms with Gasteiger partial charge in [0.1, 0.15) is 5.75 Å². The van der Waals surface area contributed by atoms with E-state index in [1.54, 1.807) is 26.0 Å². The summed E-state index contributed by atoms with van der Waals surface area (Å²) in [6.07, 6.45) is 2.16. The minimum absolute atomic E-state index is 0.108. The zero-order valence-corrected chi connectivity index (χ0v) is 12.6. The molecule has 2 atom stereocenters. The van der Waals surface area contributed by atoms with Gasteiger partial charge in [-0.15, -0.1) is 0 Å². The zero-order chi connectivity index (χ0) is 15.0. The molecule has 0 aliphatic heterocycles. The number of amides is 1. The fourth-order valence-corrected chi connectivity index (χ4v) is 1.84. The molecule has 1 aromatic rings. The van der Waals surface area contributed by atoms with Crippen LogP contribution < -0.4 is 10.1 Å². The normalized spacial score (nSPS) is 13.6. The van der Waals surface area contributed by atoms with Gasteiger partial charge >= 0.3 is 0 Å². The van der Waals surface area contributed by atoms with Crippen LogP contribution in [0.3, 0.4) is 0 Å². The average Bonchev–Trinajstić information content (AvgIpc) is 2.43. The van der Waals surface area contributed by atoms with Gasteiger partial charge in [-0.3, -0.25) is 4.79 Å². The van der Waals surface area contributed by atoms with E-state index in [1.807, 2.05) is 12.1 Å². The average molecular weight is 279 g/mol. The molecule has 0 aliphatic carbocycles. The van der Waals surface area contributed by atoms with E-state index in [1.165, 1.54) is 0 Å². The Bertz CT molecular complexity index is 418. The summed E-state index contributed by atoms with van der Waals surface area (Å²) in [6, 6.07) is 7.18. The maximum absolute atomic E-state index is 11.8. The second kappa shape index (κ2) is 8.59. The van der Waals surface area contributed by atoms with Gasteiger partial charge in [0.25, 0.3) is 5.91 Å². The van der Waals surface area contributed by atoms with Crippen LogP contribution in [-0.4, -0.2) is 23.7 Å². The van der Waals surface area contributed by atoms with E-state index < -0.39 is 12.2 Å². The molecule has 1 unspecified atom stereocenters. The van der Waals surface area contributed by atoms with Crippen molar-refractivity contribution in [2.45, 2.75) is 52.2 Å². The standard InChI is InChI=1S/C16H25NO3/c1-4-5-6-10-17-16(19)13(3)20-15-9-7-8-14(11-15)12(2)18/h7-9,11-13,18H,4-6,10H2,1-3H3,(H,17,19)/t12-,13?/m0/s1. The van der Waals surface area contributed by atoms with Crippen molar-refractivity contribution < 1.29 is 14.6 Å². The zero-order valence-electron chi connectivity index (χ0n) is 12.6. The maximum Gasteiger partial charge on any atom is 0.260 e. The van der Waals surface area contributed by atoms with Crippen molar-refractivity contribution in [3.05, 3.63) is 29.8 Å². The lowest BCUT2D eigenvalue weighted by molar-refractivity contribution is -0.127. The molecule has 1 aromatic carbocycles. The number of ether oxygens (including phenoxy) is 1. The molecule has 0 saturated heterocycles. The number of aliphatic hydroxyl groups excluding tert-OH is 1. The van der Waals surface area contributed by atoms with Crippen molar-refractivity contribution in [2.24, 2.45) is 0 Å². The lowest BCUT2D eigenvalue weighted by Gasteiger charge is -2.15. The Hall–Kier alpha value is -1.55. The fourth-order valence-electron chi connectivity index (χ4n) is 1.84. The number of rotatable bonds is 8. The van der Waals surface area contributed by atoms with Crippen molar-refractivity contribution in [3.63, 3.8) is 0 Å². The molecule has 20 heavy (non-hydrogen) atoms. The molecule has 1 rings (SSSR count). The smallest absolute Gasteiger partial charge is 0.260 e. The van der Waals surface area contributed by atoms with Crippen molar-refractivity contribution in [2.75, 3.05) is 6.54 Å². The first-order chi connectivity index (χ1) is 9.54. The van der Waals surface area contributed by atoms with E-state index >= 15 is 0 Å². The summed E-state index contributed by atoms with van der Waals surface area (Å²) >= 11 is 0. The molecule has 112 valence electrons. The Morgan fingerprint density at radius 1 is 1.35 bits per heavy atom. The SMILES string of the molecule is CCCCCNC(=O)C(C)Oc1cccc([C@H](C)O)c1. The Morgan fingerprint density at radius 3 is 2.75 bits per heavy atom. The van der Waals surface area contributed by atoms with Crippen LogP contribution in [0.15, 0.2) is 24.3 Å². The van der Waals surface area contributed by atoms with E-state index in [-0.39, 0.29) is 5.91 Å². The number of hydrogen-bond donors (Lipinski definition) is 2. The molecule has 0 aliphatic rings. The van der Waals surface area contributed by atoms with Crippen LogP contribution in [0, 0.1) is 0 Å². The number of carbonyl (C=O) groups is 1. The summed E-state index contributed by atoms with van der Waals surface area (Å²) in [7, 11) is 0. The van der Waals surface area contributed by atoms with E-state index in [9.17, 15) is 9.90 Å². The molecule has 0 saturated carbocycles. The van der Waals surface area contributed by atoms with Crippen LogP contribution in [0.1, 0.15) is 51.7 Å². The molecule has 4 heteroatoms. The molecular formula is C16H25NO3. The number of unbranched alkanes of at least 4 members (excludes halogenated alkanes) is 2. The number of carbonyl (C=O) groups excluding carboxylic acids is 1. The van der Waals surface area contributed by atoms with E-state index in [0.29, 0.717) is 12.3 Å². The van der Waals surface area contributed by atoms with Gasteiger partial charge in [-0.25, -0.2) is 0 Å². The molecule has 1 amide bonds. The quantitative estimate of drug-likeness (QED) is 0.719. The molecule has 0 fully saturated rings.